The highest BCUT2D eigenvalue weighted by Crippen LogP contribution is 2.17. The summed E-state index contributed by atoms with van der Waals surface area (Å²) in [6, 6.07) is 15.2. The van der Waals surface area contributed by atoms with Crippen LogP contribution in [-0.4, -0.2) is 43.7 Å². The van der Waals surface area contributed by atoms with Gasteiger partial charge in [0.1, 0.15) is 5.75 Å². The molecule has 0 unspecified atom stereocenters. The third-order valence-corrected chi connectivity index (χ3v) is 4.12. The Morgan fingerprint density at radius 1 is 1.16 bits per heavy atom. The molecule has 1 fully saturated rings. The molecule has 1 saturated heterocycles. The number of rotatable bonds is 6. The van der Waals surface area contributed by atoms with Crippen LogP contribution < -0.4 is 10.1 Å². The van der Waals surface area contributed by atoms with E-state index in [-0.39, 0.29) is 5.91 Å². The molecule has 0 spiro atoms. The third kappa shape index (κ3) is 5.05. The summed E-state index contributed by atoms with van der Waals surface area (Å²) in [5.41, 5.74) is 2.56. The highest BCUT2D eigenvalue weighted by Gasteiger charge is 2.12. The number of carbonyl (C=O) groups is 1. The molecule has 2 aromatic carbocycles. The van der Waals surface area contributed by atoms with E-state index in [1.807, 2.05) is 49.4 Å². The first-order chi connectivity index (χ1) is 12.2. The molecule has 3 rings (SSSR count). The van der Waals surface area contributed by atoms with Crippen LogP contribution in [0.15, 0.2) is 48.5 Å². The second-order valence-electron chi connectivity index (χ2n) is 6.00. The lowest BCUT2D eigenvalue weighted by Gasteiger charge is -2.26. The Morgan fingerprint density at radius 3 is 2.64 bits per heavy atom. The molecule has 5 nitrogen and oxygen atoms in total. The highest BCUT2D eigenvalue weighted by atomic mass is 16.5. The van der Waals surface area contributed by atoms with E-state index in [1.165, 1.54) is 0 Å². The second kappa shape index (κ2) is 8.65. The Labute approximate surface area is 148 Å². The Hall–Kier alpha value is -2.37. The molecule has 2 aromatic rings. The molecule has 0 radical (unpaired) electrons. The summed E-state index contributed by atoms with van der Waals surface area (Å²) in [5, 5.41) is 2.93. The van der Waals surface area contributed by atoms with E-state index in [2.05, 4.69) is 16.3 Å². The van der Waals surface area contributed by atoms with Crippen molar-refractivity contribution in [3.05, 3.63) is 59.7 Å². The molecular weight excluding hydrogens is 316 g/mol. The van der Waals surface area contributed by atoms with Crippen molar-refractivity contribution in [2.24, 2.45) is 0 Å². The van der Waals surface area contributed by atoms with E-state index in [0.717, 1.165) is 49.8 Å². The van der Waals surface area contributed by atoms with Crippen molar-refractivity contribution in [1.82, 2.24) is 4.90 Å². The fourth-order valence-electron chi connectivity index (χ4n) is 2.83. The van der Waals surface area contributed by atoms with Gasteiger partial charge in [0.2, 0.25) is 0 Å². The monoisotopic (exact) mass is 340 g/mol. The zero-order valence-electron chi connectivity index (χ0n) is 14.5. The predicted octanol–water partition coefficient (Wildman–Crippen LogP) is 3.17. The second-order valence-corrected chi connectivity index (χ2v) is 6.00. The molecule has 0 bridgehead atoms. The molecule has 132 valence electrons. The topological polar surface area (TPSA) is 50.8 Å². The third-order valence-electron chi connectivity index (χ3n) is 4.12. The van der Waals surface area contributed by atoms with Gasteiger partial charge in [-0.2, -0.15) is 0 Å². The molecule has 0 saturated carbocycles. The SMILES string of the molecule is CCOc1ccc(NC(=O)c2cccc(CN3CCOCC3)c2)cc1. The lowest BCUT2D eigenvalue weighted by molar-refractivity contribution is 0.0342. The average molecular weight is 340 g/mol. The normalized spacial score (nSPS) is 14.9. The van der Waals surface area contributed by atoms with Crippen LogP contribution in [0.25, 0.3) is 0 Å². The quantitative estimate of drug-likeness (QED) is 0.877. The van der Waals surface area contributed by atoms with Crippen molar-refractivity contribution in [2.75, 3.05) is 38.2 Å². The van der Waals surface area contributed by atoms with Gasteiger partial charge in [-0.15, -0.1) is 0 Å². The van der Waals surface area contributed by atoms with Gasteiger partial charge in [-0.25, -0.2) is 0 Å². The molecule has 0 aromatic heterocycles. The molecule has 1 amide bonds. The van der Waals surface area contributed by atoms with E-state index >= 15 is 0 Å². The molecule has 25 heavy (non-hydrogen) atoms. The number of anilines is 1. The summed E-state index contributed by atoms with van der Waals surface area (Å²) in [4.78, 5) is 14.8. The van der Waals surface area contributed by atoms with E-state index in [0.29, 0.717) is 12.2 Å². The standard InChI is InChI=1S/C20H24N2O3/c1-2-25-19-8-6-18(7-9-19)21-20(23)17-5-3-4-16(14-17)15-22-10-12-24-13-11-22/h3-9,14H,2,10-13,15H2,1H3,(H,21,23). The van der Waals surface area contributed by atoms with Crippen molar-refractivity contribution in [3.63, 3.8) is 0 Å². The Balaban J connectivity index is 1.62. The zero-order valence-corrected chi connectivity index (χ0v) is 14.5. The number of nitrogens with one attached hydrogen (secondary N) is 1. The summed E-state index contributed by atoms with van der Waals surface area (Å²) in [7, 11) is 0. The van der Waals surface area contributed by atoms with Crippen molar-refractivity contribution in [3.8, 4) is 5.75 Å². The lowest BCUT2D eigenvalue weighted by Crippen LogP contribution is -2.35. The smallest absolute Gasteiger partial charge is 0.255 e. The fraction of sp³-hybridized carbons (Fsp3) is 0.350. The van der Waals surface area contributed by atoms with Gasteiger partial charge in [0.05, 0.1) is 19.8 Å². The van der Waals surface area contributed by atoms with E-state index in [9.17, 15) is 4.79 Å². The van der Waals surface area contributed by atoms with Crippen LogP contribution >= 0.6 is 0 Å². The van der Waals surface area contributed by atoms with Gasteiger partial charge >= 0.3 is 0 Å². The maximum absolute atomic E-state index is 12.5. The summed E-state index contributed by atoms with van der Waals surface area (Å²) in [6.45, 7) is 6.83. The molecule has 0 aliphatic carbocycles. The number of hydrogen-bond donors (Lipinski definition) is 1. The number of morpholine rings is 1. The van der Waals surface area contributed by atoms with Crippen molar-refractivity contribution in [1.29, 1.82) is 0 Å². The molecule has 1 aliphatic heterocycles. The Kier molecular flexibility index (Phi) is 6.04. The highest BCUT2D eigenvalue weighted by molar-refractivity contribution is 6.04. The van der Waals surface area contributed by atoms with Crippen LogP contribution in [0.3, 0.4) is 0 Å². The van der Waals surface area contributed by atoms with Gasteiger partial charge < -0.3 is 14.8 Å². The minimum atomic E-state index is -0.104. The molecule has 1 aliphatic rings. The van der Waals surface area contributed by atoms with Gasteiger partial charge in [-0.1, -0.05) is 12.1 Å². The molecule has 5 heteroatoms. The number of benzene rings is 2. The Bertz CT molecular complexity index is 694. The fourth-order valence-corrected chi connectivity index (χ4v) is 2.83. The number of carbonyl (C=O) groups excluding carboxylic acids is 1. The molecule has 0 atom stereocenters. The van der Waals surface area contributed by atoms with Gasteiger partial charge in [-0.3, -0.25) is 9.69 Å². The van der Waals surface area contributed by atoms with Crippen LogP contribution in [0.4, 0.5) is 5.69 Å². The number of hydrogen-bond acceptors (Lipinski definition) is 4. The van der Waals surface area contributed by atoms with Crippen LogP contribution in [0.1, 0.15) is 22.8 Å². The van der Waals surface area contributed by atoms with E-state index in [1.54, 1.807) is 0 Å². The minimum Gasteiger partial charge on any atom is -0.494 e. The predicted molar refractivity (Wildman–Crippen MR) is 98.1 cm³/mol. The largest absolute Gasteiger partial charge is 0.494 e. The average Bonchev–Trinajstić information content (AvgIpc) is 2.65. The number of amides is 1. The first kappa shape index (κ1) is 17.5. The maximum Gasteiger partial charge on any atom is 0.255 e. The lowest BCUT2D eigenvalue weighted by atomic mass is 10.1. The summed E-state index contributed by atoms with van der Waals surface area (Å²) >= 11 is 0. The van der Waals surface area contributed by atoms with Crippen molar-refractivity contribution >= 4 is 11.6 Å². The van der Waals surface area contributed by atoms with Crippen LogP contribution in [0.2, 0.25) is 0 Å². The summed E-state index contributed by atoms with van der Waals surface area (Å²) in [6.07, 6.45) is 0. The van der Waals surface area contributed by atoms with E-state index < -0.39 is 0 Å². The first-order valence-electron chi connectivity index (χ1n) is 8.68. The van der Waals surface area contributed by atoms with Crippen molar-refractivity contribution in [2.45, 2.75) is 13.5 Å². The van der Waals surface area contributed by atoms with Gasteiger partial charge in [0, 0.05) is 30.9 Å². The van der Waals surface area contributed by atoms with Crippen LogP contribution in [-0.2, 0) is 11.3 Å². The molecular formula is C20H24N2O3. The minimum absolute atomic E-state index is 0.104. The van der Waals surface area contributed by atoms with E-state index in [4.69, 9.17) is 9.47 Å². The Morgan fingerprint density at radius 2 is 1.92 bits per heavy atom. The van der Waals surface area contributed by atoms with Crippen LogP contribution in [0, 0.1) is 0 Å². The molecule has 1 heterocycles. The summed E-state index contributed by atoms with van der Waals surface area (Å²) < 4.78 is 10.8. The van der Waals surface area contributed by atoms with Gasteiger partial charge in [0.25, 0.3) is 5.91 Å². The summed E-state index contributed by atoms with van der Waals surface area (Å²) in [5.74, 6) is 0.695. The zero-order chi connectivity index (χ0) is 17.5. The van der Waals surface area contributed by atoms with Gasteiger partial charge in [-0.05, 0) is 48.9 Å². The van der Waals surface area contributed by atoms with Gasteiger partial charge in [0.15, 0.2) is 0 Å². The molecule has 1 N–H and O–H groups in total. The first-order valence-corrected chi connectivity index (χ1v) is 8.68. The maximum atomic E-state index is 12.5. The number of ether oxygens (including phenoxy) is 2. The van der Waals surface area contributed by atoms with Crippen LogP contribution in [0.5, 0.6) is 5.75 Å². The van der Waals surface area contributed by atoms with Crippen molar-refractivity contribution < 1.29 is 14.3 Å². The number of nitrogens with zero attached hydrogens (tertiary/aromatic N) is 1.